The van der Waals surface area contributed by atoms with E-state index in [9.17, 15) is 23.1 Å². The van der Waals surface area contributed by atoms with Crippen LogP contribution in [0.5, 0.6) is 0 Å². The number of rotatable bonds is 4. The van der Waals surface area contributed by atoms with Crippen LogP contribution in [0.2, 0.25) is 0 Å². The third-order valence-electron chi connectivity index (χ3n) is 5.08. The summed E-state index contributed by atoms with van der Waals surface area (Å²) in [6.07, 6.45) is -2.55. The van der Waals surface area contributed by atoms with Gasteiger partial charge in [0.15, 0.2) is 0 Å². The molecule has 0 aromatic heterocycles. The molecule has 2 unspecified atom stereocenters. The van der Waals surface area contributed by atoms with Crippen LogP contribution in [0.4, 0.5) is 13.2 Å². The lowest BCUT2D eigenvalue weighted by atomic mass is 9.88. The van der Waals surface area contributed by atoms with Crippen molar-refractivity contribution in [2.24, 2.45) is 0 Å². The minimum absolute atomic E-state index is 0.101. The van der Waals surface area contributed by atoms with E-state index in [1.54, 1.807) is 23.1 Å². The van der Waals surface area contributed by atoms with E-state index in [-0.39, 0.29) is 5.56 Å². The lowest BCUT2D eigenvalue weighted by molar-refractivity contribution is -0.145. The molecule has 1 fully saturated rings. The number of likely N-dealkylation sites (tertiary alicyclic amines) is 1. The van der Waals surface area contributed by atoms with Crippen LogP contribution in [0.1, 0.15) is 47.6 Å². The van der Waals surface area contributed by atoms with Gasteiger partial charge in [-0.15, -0.1) is 0 Å². The Balaban J connectivity index is 2.19. The number of hydrogen-bond acceptors (Lipinski definition) is 2. The van der Waals surface area contributed by atoms with Gasteiger partial charge in [0.1, 0.15) is 6.04 Å². The highest BCUT2D eigenvalue weighted by Crippen LogP contribution is 2.41. The second kappa shape index (κ2) is 7.72. The fourth-order valence-corrected chi connectivity index (χ4v) is 3.91. The summed E-state index contributed by atoms with van der Waals surface area (Å²) in [6.45, 7) is 2.32. The van der Waals surface area contributed by atoms with E-state index < -0.39 is 29.8 Å². The Hall–Kier alpha value is -2.34. The molecule has 1 saturated heterocycles. The zero-order valence-electron chi connectivity index (χ0n) is 15.0. The highest BCUT2D eigenvalue weighted by Gasteiger charge is 2.40. The Morgan fingerprint density at radius 3 is 2.56 bits per heavy atom. The first-order chi connectivity index (χ1) is 12.8. The number of aliphatic carboxylic acids is 1. The van der Waals surface area contributed by atoms with Crippen molar-refractivity contribution in [1.29, 1.82) is 0 Å². The predicted octanol–water partition coefficient (Wildman–Crippen LogP) is 5.04. The van der Waals surface area contributed by atoms with Crippen molar-refractivity contribution in [2.45, 2.75) is 44.4 Å². The number of nitrogens with zero attached hydrogens (tertiary/aromatic N) is 1. The van der Waals surface area contributed by atoms with E-state index in [2.05, 4.69) is 0 Å². The number of halogens is 3. The second-order valence-corrected chi connectivity index (χ2v) is 6.99. The predicted molar refractivity (Wildman–Crippen MR) is 96.4 cm³/mol. The molecule has 1 heterocycles. The standard InChI is InChI=1S/C21H22F3NO2/c1-14-7-6-8-15(13-14)19(25-12-5-4-11-18(25)20(26)27)16-9-2-3-10-17(16)21(22,23)24/h2-3,6-10,13,18-19H,4-5,11-12H2,1H3,(H,26,27). The maximum Gasteiger partial charge on any atom is 0.416 e. The molecule has 0 bridgehead atoms. The quantitative estimate of drug-likeness (QED) is 0.811. The molecule has 6 heteroatoms. The van der Waals surface area contributed by atoms with Crippen LogP contribution < -0.4 is 0 Å². The molecule has 3 rings (SSSR count). The molecule has 2 aromatic carbocycles. The first kappa shape index (κ1) is 19.4. The number of piperidine rings is 1. The van der Waals surface area contributed by atoms with Crippen LogP contribution >= 0.6 is 0 Å². The van der Waals surface area contributed by atoms with Crippen molar-refractivity contribution >= 4 is 5.97 Å². The lowest BCUT2D eigenvalue weighted by Crippen LogP contribution is -2.47. The van der Waals surface area contributed by atoms with Crippen molar-refractivity contribution in [3.63, 3.8) is 0 Å². The van der Waals surface area contributed by atoms with Gasteiger partial charge >= 0.3 is 12.1 Å². The number of hydrogen-bond donors (Lipinski definition) is 1. The summed E-state index contributed by atoms with van der Waals surface area (Å²) in [7, 11) is 0. The molecule has 0 aliphatic carbocycles. The largest absolute Gasteiger partial charge is 0.480 e. The molecule has 27 heavy (non-hydrogen) atoms. The zero-order chi connectivity index (χ0) is 19.6. The molecule has 1 N–H and O–H groups in total. The first-order valence-corrected chi connectivity index (χ1v) is 9.00. The summed E-state index contributed by atoms with van der Waals surface area (Å²) in [5.41, 5.74) is 0.987. The number of benzene rings is 2. The Bertz CT molecular complexity index is 819. The fourth-order valence-electron chi connectivity index (χ4n) is 3.91. The topological polar surface area (TPSA) is 40.5 Å². The van der Waals surface area contributed by atoms with E-state index in [1.807, 2.05) is 19.1 Å². The van der Waals surface area contributed by atoms with Gasteiger partial charge in [-0.25, -0.2) is 0 Å². The maximum atomic E-state index is 13.7. The number of aryl methyl sites for hydroxylation is 1. The maximum absolute atomic E-state index is 13.7. The van der Waals surface area contributed by atoms with Crippen LogP contribution in [-0.2, 0) is 11.0 Å². The summed E-state index contributed by atoms with van der Waals surface area (Å²) in [5, 5.41) is 9.67. The van der Waals surface area contributed by atoms with Crippen molar-refractivity contribution in [3.8, 4) is 0 Å². The minimum atomic E-state index is -4.51. The van der Waals surface area contributed by atoms with E-state index >= 15 is 0 Å². The second-order valence-electron chi connectivity index (χ2n) is 6.99. The van der Waals surface area contributed by atoms with E-state index in [0.29, 0.717) is 18.5 Å². The Kier molecular flexibility index (Phi) is 5.56. The molecule has 0 amide bonds. The Morgan fingerprint density at radius 2 is 1.89 bits per heavy atom. The monoisotopic (exact) mass is 377 g/mol. The SMILES string of the molecule is Cc1cccc(C(c2ccccc2C(F)(F)F)N2CCCCC2C(=O)O)c1. The van der Waals surface area contributed by atoms with E-state index in [4.69, 9.17) is 0 Å². The normalized spacial score (nSPS) is 19.6. The molecular weight excluding hydrogens is 355 g/mol. The number of carbonyl (C=O) groups is 1. The Morgan fingerprint density at radius 1 is 1.15 bits per heavy atom. The van der Waals surface area contributed by atoms with Crippen LogP contribution in [-0.4, -0.2) is 28.6 Å². The van der Waals surface area contributed by atoms with Crippen LogP contribution in [0, 0.1) is 6.92 Å². The average molecular weight is 377 g/mol. The highest BCUT2D eigenvalue weighted by atomic mass is 19.4. The molecule has 2 atom stereocenters. The van der Waals surface area contributed by atoms with Gasteiger partial charge in [0.2, 0.25) is 0 Å². The Labute approximate surface area is 156 Å². The van der Waals surface area contributed by atoms with Gasteiger partial charge in [-0.05, 0) is 43.5 Å². The van der Waals surface area contributed by atoms with Crippen molar-refractivity contribution < 1.29 is 23.1 Å². The molecule has 144 valence electrons. The van der Waals surface area contributed by atoms with Gasteiger partial charge in [-0.3, -0.25) is 9.69 Å². The van der Waals surface area contributed by atoms with Crippen molar-refractivity contribution in [2.75, 3.05) is 6.54 Å². The summed E-state index contributed by atoms with van der Waals surface area (Å²) in [4.78, 5) is 13.5. The molecule has 2 aromatic rings. The molecular formula is C21H22F3NO2. The lowest BCUT2D eigenvalue weighted by Gasteiger charge is -2.40. The van der Waals surface area contributed by atoms with Crippen molar-refractivity contribution in [1.82, 2.24) is 4.90 Å². The molecule has 1 aliphatic rings. The van der Waals surface area contributed by atoms with Gasteiger partial charge in [0.25, 0.3) is 0 Å². The smallest absolute Gasteiger partial charge is 0.416 e. The number of carboxylic acids is 1. The van der Waals surface area contributed by atoms with Gasteiger partial charge in [-0.2, -0.15) is 13.2 Å². The van der Waals surface area contributed by atoms with E-state index in [1.165, 1.54) is 12.1 Å². The van der Waals surface area contributed by atoms with Gasteiger partial charge in [0, 0.05) is 0 Å². The van der Waals surface area contributed by atoms with E-state index in [0.717, 1.165) is 24.5 Å². The zero-order valence-corrected chi connectivity index (χ0v) is 15.0. The van der Waals surface area contributed by atoms with Crippen molar-refractivity contribution in [3.05, 3.63) is 70.8 Å². The average Bonchev–Trinajstić information content (AvgIpc) is 2.62. The summed E-state index contributed by atoms with van der Waals surface area (Å²) >= 11 is 0. The molecule has 1 aliphatic heterocycles. The molecule has 0 radical (unpaired) electrons. The summed E-state index contributed by atoms with van der Waals surface area (Å²) in [5.74, 6) is -0.989. The third-order valence-corrected chi connectivity index (χ3v) is 5.08. The number of alkyl halides is 3. The van der Waals surface area contributed by atoms with Gasteiger partial charge < -0.3 is 5.11 Å². The highest BCUT2D eigenvalue weighted by molar-refractivity contribution is 5.73. The minimum Gasteiger partial charge on any atom is -0.480 e. The third kappa shape index (κ3) is 4.16. The molecule has 0 saturated carbocycles. The van der Waals surface area contributed by atoms with Gasteiger partial charge in [-0.1, -0.05) is 54.4 Å². The summed E-state index contributed by atoms with van der Waals surface area (Å²) in [6, 6.07) is 11.2. The van der Waals surface area contributed by atoms with Crippen LogP contribution in [0.15, 0.2) is 48.5 Å². The molecule has 0 spiro atoms. The van der Waals surface area contributed by atoms with Crippen LogP contribution in [0.3, 0.4) is 0 Å². The first-order valence-electron chi connectivity index (χ1n) is 9.00. The summed E-state index contributed by atoms with van der Waals surface area (Å²) < 4.78 is 41.1. The fraction of sp³-hybridized carbons (Fsp3) is 0.381. The molecule has 3 nitrogen and oxygen atoms in total. The van der Waals surface area contributed by atoms with Crippen LogP contribution in [0.25, 0.3) is 0 Å². The van der Waals surface area contributed by atoms with Gasteiger partial charge in [0.05, 0.1) is 11.6 Å². The number of carboxylic acid groups (broad SMARTS) is 1.